The summed E-state index contributed by atoms with van der Waals surface area (Å²) in [7, 11) is 4.49. The maximum atomic E-state index is 13.7. The van der Waals surface area contributed by atoms with Crippen LogP contribution in [0.4, 0.5) is 14.9 Å². The zero-order valence-electron chi connectivity index (χ0n) is 15.2. The van der Waals surface area contributed by atoms with E-state index in [1.165, 1.54) is 23.5 Å². The van der Waals surface area contributed by atoms with E-state index in [1.807, 2.05) is 17.5 Å². The van der Waals surface area contributed by atoms with E-state index < -0.39 is 6.09 Å². The predicted octanol–water partition coefficient (Wildman–Crippen LogP) is 3.86. The van der Waals surface area contributed by atoms with Crippen LogP contribution in [0.2, 0.25) is 0 Å². The number of morpholine rings is 1. The van der Waals surface area contributed by atoms with Crippen molar-refractivity contribution in [1.82, 2.24) is 0 Å². The Morgan fingerprint density at radius 1 is 1.26 bits per heavy atom. The molecule has 4 heterocycles. The van der Waals surface area contributed by atoms with Crippen LogP contribution in [-0.4, -0.2) is 55.1 Å². The van der Waals surface area contributed by atoms with Gasteiger partial charge >= 0.3 is 6.09 Å². The first-order valence-electron chi connectivity index (χ1n) is 9.23. The van der Waals surface area contributed by atoms with Crippen LogP contribution in [0.25, 0.3) is 10.4 Å². The van der Waals surface area contributed by atoms with Crippen molar-refractivity contribution in [1.29, 1.82) is 0 Å². The average Bonchev–Trinajstić information content (AvgIpc) is 3.17. The van der Waals surface area contributed by atoms with Gasteiger partial charge < -0.3 is 14.0 Å². The second kappa shape index (κ2) is 6.02. The number of nitrogens with zero attached hydrogens (tertiary/aromatic N) is 1. The maximum Gasteiger partial charge on any atom is 0.411 e. The molecule has 5 rings (SSSR count). The first-order chi connectivity index (χ1) is 12.9. The van der Waals surface area contributed by atoms with Crippen LogP contribution in [0.1, 0.15) is 12.8 Å². The molecule has 3 aliphatic heterocycles. The van der Waals surface area contributed by atoms with E-state index in [0.29, 0.717) is 35.5 Å². The molecule has 27 heavy (non-hydrogen) atoms. The van der Waals surface area contributed by atoms with Crippen LogP contribution >= 0.6 is 11.3 Å². The van der Waals surface area contributed by atoms with Gasteiger partial charge in [0.15, 0.2) is 0 Å². The number of benzene rings is 1. The zero-order valence-corrected chi connectivity index (χ0v) is 16.0. The number of fused-ring (bicyclic) bond motifs is 5. The second-order valence-corrected chi connectivity index (χ2v) is 9.07. The highest BCUT2D eigenvalue weighted by molar-refractivity contribution is 7.13. The van der Waals surface area contributed by atoms with Crippen molar-refractivity contribution < 1.29 is 23.1 Å². The van der Waals surface area contributed by atoms with Crippen molar-refractivity contribution in [3.63, 3.8) is 0 Å². The monoisotopic (exact) mass is 389 g/mol. The largest absolute Gasteiger partial charge is 0.445 e. The number of hydrogen-bond donors (Lipinski definition) is 1. The molecule has 1 amide bonds. The average molecular weight is 389 g/mol. The van der Waals surface area contributed by atoms with Crippen LogP contribution in [-0.2, 0) is 9.47 Å². The van der Waals surface area contributed by atoms with Gasteiger partial charge in [-0.1, -0.05) is 6.07 Å². The fourth-order valence-electron chi connectivity index (χ4n) is 4.85. The number of ether oxygens (including phenoxy) is 2. The molecule has 5 nitrogen and oxygen atoms in total. The Morgan fingerprint density at radius 2 is 2.00 bits per heavy atom. The number of quaternary nitrogens is 1. The smallest absolute Gasteiger partial charge is 0.411 e. The Morgan fingerprint density at radius 3 is 2.67 bits per heavy atom. The molecule has 0 unspecified atom stereocenters. The van der Waals surface area contributed by atoms with E-state index in [0.717, 1.165) is 22.2 Å². The lowest BCUT2D eigenvalue weighted by atomic mass is 9.96. The summed E-state index contributed by atoms with van der Waals surface area (Å²) < 4.78 is 26.2. The zero-order chi connectivity index (χ0) is 18.8. The molecule has 0 radical (unpaired) electrons. The Balaban J connectivity index is 1.29. The Labute approximate surface area is 161 Å². The van der Waals surface area contributed by atoms with Crippen molar-refractivity contribution in [2.45, 2.75) is 43.2 Å². The number of anilines is 1. The SMILES string of the molecule is C[N+]1(C)[C@@H]2C[C@@H](OC(=O)Nc3ccc(F)cc3-c3cccs3)C[C@H]1[C@@H]1O[C@@H]12. The van der Waals surface area contributed by atoms with Gasteiger partial charge in [-0.3, -0.25) is 5.32 Å². The minimum atomic E-state index is -0.481. The van der Waals surface area contributed by atoms with Crippen molar-refractivity contribution >= 4 is 23.1 Å². The molecular formula is C20H22FN2O3S+. The lowest BCUT2D eigenvalue weighted by Crippen LogP contribution is -2.60. The number of hydrogen-bond acceptors (Lipinski definition) is 4. The topological polar surface area (TPSA) is 50.9 Å². The standard InChI is InChI=1S/C20H21FN2O3S/c1-23(2)15-9-12(10-16(23)19-18(15)26-19)25-20(24)22-14-6-5-11(21)8-13(14)17-4-3-7-27-17/h3-8,12,15-16,18-19H,9-10H2,1-2H3/p+1/t12-,15-,16+,18-,19+. The van der Waals surface area contributed by atoms with E-state index in [4.69, 9.17) is 9.47 Å². The molecule has 2 aromatic rings. The summed E-state index contributed by atoms with van der Waals surface area (Å²) in [5.41, 5.74) is 1.23. The normalized spacial score (nSPS) is 32.6. The number of amides is 1. The van der Waals surface area contributed by atoms with E-state index in [1.54, 1.807) is 6.07 Å². The van der Waals surface area contributed by atoms with Crippen molar-refractivity contribution in [3.05, 3.63) is 41.5 Å². The summed E-state index contributed by atoms with van der Waals surface area (Å²) in [6.07, 6.45) is 1.70. The van der Waals surface area contributed by atoms with Gasteiger partial charge in [-0.05, 0) is 29.6 Å². The third-order valence-electron chi connectivity index (χ3n) is 6.32. The number of thiophene rings is 1. The molecule has 1 aromatic carbocycles. The molecule has 3 saturated heterocycles. The lowest BCUT2D eigenvalue weighted by Gasteiger charge is -2.45. The number of halogens is 1. The molecule has 3 aliphatic rings. The molecule has 0 spiro atoms. The minimum absolute atomic E-state index is 0.104. The highest BCUT2D eigenvalue weighted by Gasteiger charge is 2.70. The molecule has 3 fully saturated rings. The number of rotatable bonds is 3. The van der Waals surface area contributed by atoms with Gasteiger partial charge in [0.1, 0.15) is 36.2 Å². The molecule has 7 heteroatoms. The Kier molecular flexibility index (Phi) is 3.83. The van der Waals surface area contributed by atoms with Gasteiger partial charge in [-0.25, -0.2) is 9.18 Å². The number of piperidine rings is 1. The Hall–Kier alpha value is -1.96. The highest BCUT2D eigenvalue weighted by Crippen LogP contribution is 2.51. The Bertz CT molecular complexity index is 865. The van der Waals surface area contributed by atoms with Gasteiger partial charge in [0.05, 0.1) is 19.8 Å². The van der Waals surface area contributed by atoms with E-state index >= 15 is 0 Å². The predicted molar refractivity (Wildman–Crippen MR) is 101 cm³/mol. The van der Waals surface area contributed by atoms with Gasteiger partial charge in [0.2, 0.25) is 0 Å². The minimum Gasteiger partial charge on any atom is -0.445 e. The van der Waals surface area contributed by atoms with E-state index in [-0.39, 0.29) is 11.9 Å². The summed E-state index contributed by atoms with van der Waals surface area (Å²) in [5.74, 6) is -0.333. The molecule has 0 saturated carbocycles. The van der Waals surface area contributed by atoms with Gasteiger partial charge in [0, 0.05) is 23.3 Å². The van der Waals surface area contributed by atoms with Gasteiger partial charge in [-0.2, -0.15) is 0 Å². The molecule has 0 aliphatic carbocycles. The molecule has 142 valence electrons. The van der Waals surface area contributed by atoms with Crippen LogP contribution in [0.15, 0.2) is 35.7 Å². The summed E-state index contributed by atoms with van der Waals surface area (Å²) in [4.78, 5) is 13.4. The van der Waals surface area contributed by atoms with Crippen LogP contribution in [0.5, 0.6) is 0 Å². The molecule has 1 N–H and O–H groups in total. The molecule has 2 bridgehead atoms. The molecule has 5 atom stereocenters. The molecular weight excluding hydrogens is 367 g/mol. The first-order valence-corrected chi connectivity index (χ1v) is 10.1. The fraction of sp³-hybridized carbons (Fsp3) is 0.450. The van der Waals surface area contributed by atoms with Crippen LogP contribution in [0.3, 0.4) is 0 Å². The number of nitrogens with one attached hydrogen (secondary N) is 1. The second-order valence-electron chi connectivity index (χ2n) is 8.12. The van der Waals surface area contributed by atoms with Gasteiger partial charge in [0.25, 0.3) is 0 Å². The maximum absolute atomic E-state index is 13.7. The van der Waals surface area contributed by atoms with Crippen molar-refractivity contribution in [3.8, 4) is 10.4 Å². The van der Waals surface area contributed by atoms with Crippen LogP contribution < -0.4 is 5.32 Å². The van der Waals surface area contributed by atoms with Crippen LogP contribution in [0, 0.1) is 5.82 Å². The van der Waals surface area contributed by atoms with Gasteiger partial charge in [-0.15, -0.1) is 11.3 Å². The summed E-state index contributed by atoms with van der Waals surface area (Å²) in [5, 5.41) is 4.73. The highest BCUT2D eigenvalue weighted by atomic mass is 32.1. The summed E-state index contributed by atoms with van der Waals surface area (Å²) >= 11 is 1.50. The number of carbonyl (C=O) groups excluding carboxylic acids is 1. The summed E-state index contributed by atoms with van der Waals surface area (Å²) in [6.45, 7) is 0. The number of epoxide rings is 1. The van der Waals surface area contributed by atoms with E-state index in [9.17, 15) is 9.18 Å². The third-order valence-corrected chi connectivity index (χ3v) is 7.22. The first kappa shape index (κ1) is 17.2. The van der Waals surface area contributed by atoms with E-state index in [2.05, 4.69) is 19.4 Å². The summed E-state index contributed by atoms with van der Waals surface area (Å²) in [6, 6.07) is 8.95. The number of likely N-dealkylation sites (N-methyl/N-ethyl adjacent to an activating group) is 1. The molecule has 1 aromatic heterocycles. The van der Waals surface area contributed by atoms with Crippen molar-refractivity contribution in [2.75, 3.05) is 19.4 Å². The van der Waals surface area contributed by atoms with Crippen molar-refractivity contribution in [2.24, 2.45) is 0 Å². The number of carbonyl (C=O) groups is 1. The fourth-order valence-corrected chi connectivity index (χ4v) is 5.61. The lowest BCUT2D eigenvalue weighted by molar-refractivity contribution is -0.938. The third kappa shape index (κ3) is 2.85. The quantitative estimate of drug-likeness (QED) is 0.641.